The molecule has 132 valence electrons. The van der Waals surface area contributed by atoms with E-state index in [9.17, 15) is 5.11 Å². The fourth-order valence-corrected chi connectivity index (χ4v) is 4.94. The van der Waals surface area contributed by atoms with Crippen LogP contribution in [0.1, 0.15) is 42.2 Å². The summed E-state index contributed by atoms with van der Waals surface area (Å²) >= 11 is 1.87. The molecule has 1 nitrogen and oxygen atoms in total. The summed E-state index contributed by atoms with van der Waals surface area (Å²) in [6.45, 7) is 8.77. The lowest BCUT2D eigenvalue weighted by molar-refractivity contribution is 0.462. The van der Waals surface area contributed by atoms with Gasteiger partial charge in [-0.15, -0.1) is 11.3 Å². The van der Waals surface area contributed by atoms with E-state index in [1.807, 2.05) is 17.4 Å². The summed E-state index contributed by atoms with van der Waals surface area (Å²) in [6, 6.07) is 17.1. The number of aromatic hydroxyl groups is 1. The van der Waals surface area contributed by atoms with E-state index in [0.29, 0.717) is 11.7 Å². The Hall–Kier alpha value is -2.32. The molecule has 1 atom stereocenters. The van der Waals surface area contributed by atoms with Crippen LogP contribution in [-0.4, -0.2) is 5.11 Å². The fourth-order valence-electron chi connectivity index (χ4n) is 3.82. The second-order valence-electron chi connectivity index (χ2n) is 7.21. The van der Waals surface area contributed by atoms with Gasteiger partial charge in [-0.25, -0.2) is 0 Å². The third-order valence-electron chi connectivity index (χ3n) is 5.64. The Morgan fingerprint density at radius 3 is 2.58 bits per heavy atom. The fraction of sp³-hybridized carbons (Fsp3) is 0.250. The van der Waals surface area contributed by atoms with Crippen LogP contribution in [0.3, 0.4) is 0 Å². The van der Waals surface area contributed by atoms with E-state index in [1.54, 1.807) is 0 Å². The van der Waals surface area contributed by atoms with Crippen LogP contribution in [0.2, 0.25) is 0 Å². The van der Waals surface area contributed by atoms with Crippen molar-refractivity contribution < 1.29 is 5.11 Å². The van der Waals surface area contributed by atoms with Gasteiger partial charge in [-0.05, 0) is 77.4 Å². The predicted molar refractivity (Wildman–Crippen MR) is 115 cm³/mol. The van der Waals surface area contributed by atoms with Crippen LogP contribution in [0.5, 0.6) is 5.75 Å². The topological polar surface area (TPSA) is 20.2 Å². The zero-order valence-electron chi connectivity index (χ0n) is 15.8. The number of fused-ring (bicyclic) bond motifs is 2. The number of phenols is 1. The molecule has 0 aliphatic heterocycles. The van der Waals surface area contributed by atoms with Gasteiger partial charge in [0.2, 0.25) is 0 Å². The van der Waals surface area contributed by atoms with Crippen molar-refractivity contribution in [3.05, 3.63) is 64.5 Å². The van der Waals surface area contributed by atoms with Crippen molar-refractivity contribution in [1.82, 2.24) is 0 Å². The molecule has 0 saturated carbocycles. The highest BCUT2D eigenvalue weighted by atomic mass is 32.1. The van der Waals surface area contributed by atoms with Gasteiger partial charge >= 0.3 is 0 Å². The van der Waals surface area contributed by atoms with Crippen LogP contribution >= 0.6 is 11.3 Å². The van der Waals surface area contributed by atoms with Crippen LogP contribution in [0.4, 0.5) is 0 Å². The monoisotopic (exact) mass is 360 g/mol. The molecule has 2 heteroatoms. The molecule has 26 heavy (non-hydrogen) atoms. The average Bonchev–Trinajstić information content (AvgIpc) is 2.93. The second-order valence-corrected chi connectivity index (χ2v) is 8.47. The Labute approximate surface area is 158 Å². The number of hydrogen-bond donors (Lipinski definition) is 1. The molecule has 1 heterocycles. The lowest BCUT2D eigenvalue weighted by Gasteiger charge is -2.16. The lowest BCUT2D eigenvalue weighted by atomic mass is 9.89. The summed E-state index contributed by atoms with van der Waals surface area (Å²) in [5, 5.41) is 14.3. The molecule has 0 saturated heterocycles. The third-order valence-corrected chi connectivity index (χ3v) is 6.79. The molecule has 0 amide bonds. The zero-order valence-corrected chi connectivity index (χ0v) is 16.6. The van der Waals surface area contributed by atoms with Crippen LogP contribution in [0.15, 0.2) is 48.5 Å². The molecule has 1 N–H and O–H groups in total. The molecule has 3 aromatic carbocycles. The van der Waals surface area contributed by atoms with E-state index in [-0.39, 0.29) is 0 Å². The Morgan fingerprint density at radius 1 is 1.04 bits per heavy atom. The molecule has 4 rings (SSSR count). The minimum atomic E-state index is 0.339. The van der Waals surface area contributed by atoms with Gasteiger partial charge in [0.25, 0.3) is 0 Å². The molecule has 0 aliphatic carbocycles. The van der Waals surface area contributed by atoms with Crippen molar-refractivity contribution in [1.29, 1.82) is 0 Å². The highest BCUT2D eigenvalue weighted by Crippen LogP contribution is 2.43. The normalized spacial score (nSPS) is 12.8. The molecular weight excluding hydrogens is 336 g/mol. The molecule has 0 radical (unpaired) electrons. The zero-order chi connectivity index (χ0) is 18.4. The highest BCUT2D eigenvalue weighted by Gasteiger charge is 2.17. The van der Waals surface area contributed by atoms with Gasteiger partial charge in [0, 0.05) is 15.0 Å². The number of hydrogen-bond acceptors (Lipinski definition) is 2. The van der Waals surface area contributed by atoms with Crippen LogP contribution in [0, 0.1) is 13.8 Å². The first-order valence-electron chi connectivity index (χ1n) is 9.26. The maximum absolute atomic E-state index is 10.4. The summed E-state index contributed by atoms with van der Waals surface area (Å²) in [5.74, 6) is 0.739. The summed E-state index contributed by atoms with van der Waals surface area (Å²) < 4.78 is 1.34. The molecule has 1 unspecified atom stereocenters. The van der Waals surface area contributed by atoms with Gasteiger partial charge in [-0.1, -0.05) is 44.2 Å². The van der Waals surface area contributed by atoms with Crippen molar-refractivity contribution >= 4 is 32.2 Å². The first-order chi connectivity index (χ1) is 12.5. The first kappa shape index (κ1) is 17.1. The van der Waals surface area contributed by atoms with Gasteiger partial charge in [-0.3, -0.25) is 0 Å². The van der Waals surface area contributed by atoms with E-state index in [0.717, 1.165) is 12.0 Å². The molecule has 0 aliphatic rings. The van der Waals surface area contributed by atoms with Crippen LogP contribution < -0.4 is 0 Å². The Balaban J connectivity index is 2.12. The minimum absolute atomic E-state index is 0.339. The predicted octanol–water partition coefficient (Wildman–Crippen LogP) is 7.56. The maximum atomic E-state index is 10.4. The van der Waals surface area contributed by atoms with Gasteiger partial charge in [-0.2, -0.15) is 0 Å². The summed E-state index contributed by atoms with van der Waals surface area (Å²) in [7, 11) is 0. The summed E-state index contributed by atoms with van der Waals surface area (Å²) in [6.07, 6.45) is 1.01. The van der Waals surface area contributed by atoms with Crippen LogP contribution in [-0.2, 0) is 0 Å². The lowest BCUT2D eigenvalue weighted by Crippen LogP contribution is -1.94. The summed E-state index contributed by atoms with van der Waals surface area (Å²) in [4.78, 5) is 1.37. The molecule has 0 fully saturated rings. The number of phenolic OH excluding ortho intramolecular Hbond substituents is 1. The first-order valence-corrected chi connectivity index (χ1v) is 10.1. The van der Waals surface area contributed by atoms with E-state index >= 15 is 0 Å². The van der Waals surface area contributed by atoms with E-state index in [4.69, 9.17) is 0 Å². The van der Waals surface area contributed by atoms with Crippen molar-refractivity contribution in [2.45, 2.75) is 40.0 Å². The molecule has 0 spiro atoms. The Bertz CT molecular complexity index is 1120. The Morgan fingerprint density at radius 2 is 1.81 bits per heavy atom. The number of rotatable bonds is 3. The standard InChI is InChI=1S/C24H24OS/c1-5-14(2)20-12-18(10-11-21(20)25)24-19-9-7-6-8-17(19)13-22-23(24)15(3)16(4)26-22/h6-14,25H,5H2,1-4H3. The van der Waals surface area contributed by atoms with Crippen molar-refractivity contribution in [3.63, 3.8) is 0 Å². The van der Waals surface area contributed by atoms with Crippen LogP contribution in [0.25, 0.3) is 32.0 Å². The molecule has 0 bridgehead atoms. The smallest absolute Gasteiger partial charge is 0.119 e. The number of benzene rings is 3. The average molecular weight is 361 g/mol. The third kappa shape index (κ3) is 2.60. The minimum Gasteiger partial charge on any atom is -0.508 e. The molecule has 4 aromatic rings. The quantitative estimate of drug-likeness (QED) is 0.400. The van der Waals surface area contributed by atoms with Crippen molar-refractivity contribution in [2.75, 3.05) is 0 Å². The Kier molecular flexibility index (Phi) is 4.24. The molecule has 1 aromatic heterocycles. The number of aryl methyl sites for hydroxylation is 2. The van der Waals surface area contributed by atoms with E-state index in [1.165, 1.54) is 42.4 Å². The van der Waals surface area contributed by atoms with Gasteiger partial charge in [0.15, 0.2) is 0 Å². The SMILES string of the molecule is CCC(C)c1cc(-c2c3ccccc3cc3sc(C)c(C)c23)ccc1O. The molecular formula is C24H24OS. The maximum Gasteiger partial charge on any atom is 0.119 e. The highest BCUT2D eigenvalue weighted by molar-refractivity contribution is 7.19. The second kappa shape index (κ2) is 6.44. The van der Waals surface area contributed by atoms with Gasteiger partial charge < -0.3 is 5.11 Å². The van der Waals surface area contributed by atoms with Gasteiger partial charge in [0.05, 0.1) is 0 Å². The van der Waals surface area contributed by atoms with Gasteiger partial charge in [0.1, 0.15) is 5.75 Å². The van der Waals surface area contributed by atoms with Crippen molar-refractivity contribution in [2.24, 2.45) is 0 Å². The van der Waals surface area contributed by atoms with E-state index < -0.39 is 0 Å². The summed E-state index contributed by atoms with van der Waals surface area (Å²) in [5.41, 5.74) is 4.89. The van der Waals surface area contributed by atoms with E-state index in [2.05, 4.69) is 70.2 Å². The largest absolute Gasteiger partial charge is 0.508 e. The number of thiophene rings is 1. The van der Waals surface area contributed by atoms with Crippen molar-refractivity contribution in [3.8, 4) is 16.9 Å².